The average Bonchev–Trinajstić information content (AvgIpc) is 2.88. The molecule has 1 amide bonds. The molecule has 0 atom stereocenters. The zero-order valence-corrected chi connectivity index (χ0v) is 21.6. The van der Waals surface area contributed by atoms with Gasteiger partial charge in [0.2, 0.25) is 0 Å². The van der Waals surface area contributed by atoms with E-state index in [-0.39, 0.29) is 45.5 Å². The zero-order chi connectivity index (χ0) is 27.6. The number of carbonyl (C=O) groups is 2. The first-order valence-corrected chi connectivity index (χ1v) is 12.2. The summed E-state index contributed by atoms with van der Waals surface area (Å²) >= 11 is 0. The van der Waals surface area contributed by atoms with Crippen LogP contribution in [0.1, 0.15) is 58.5 Å². The number of aryl methyl sites for hydroxylation is 3. The lowest BCUT2D eigenvalue weighted by molar-refractivity contribution is -0.385. The van der Waals surface area contributed by atoms with Crippen molar-refractivity contribution in [3.05, 3.63) is 90.8 Å². The number of rotatable bonds is 7. The second-order valence-electron chi connectivity index (χ2n) is 8.82. The number of aromatic nitrogens is 3. The molecular formula is C27H27N5O6. The molecule has 0 aliphatic heterocycles. The number of carbonyl (C=O) groups excluding carboxylic acids is 2. The maximum atomic E-state index is 13.5. The average molecular weight is 518 g/mol. The van der Waals surface area contributed by atoms with Crippen LogP contribution in [-0.4, -0.2) is 37.4 Å². The highest BCUT2D eigenvalue weighted by Crippen LogP contribution is 2.20. The van der Waals surface area contributed by atoms with E-state index in [1.54, 1.807) is 30.7 Å². The fourth-order valence-electron chi connectivity index (χ4n) is 4.19. The van der Waals surface area contributed by atoms with Gasteiger partial charge in [-0.25, -0.2) is 9.78 Å². The van der Waals surface area contributed by atoms with Crippen molar-refractivity contribution < 1.29 is 19.2 Å². The zero-order valence-electron chi connectivity index (χ0n) is 21.6. The summed E-state index contributed by atoms with van der Waals surface area (Å²) in [7, 11) is 0. The summed E-state index contributed by atoms with van der Waals surface area (Å²) in [5.74, 6) is -1.54. The largest absolute Gasteiger partial charge is 0.462 e. The summed E-state index contributed by atoms with van der Waals surface area (Å²) in [6, 6.07) is 8.98. The van der Waals surface area contributed by atoms with Crippen LogP contribution in [0, 0.1) is 24.0 Å². The minimum absolute atomic E-state index is 0.0124. The molecule has 0 saturated heterocycles. The molecule has 0 radical (unpaired) electrons. The summed E-state index contributed by atoms with van der Waals surface area (Å²) in [4.78, 5) is 59.6. The minimum Gasteiger partial charge on any atom is -0.462 e. The van der Waals surface area contributed by atoms with Crippen LogP contribution in [0.25, 0.3) is 16.7 Å². The van der Waals surface area contributed by atoms with Gasteiger partial charge >= 0.3 is 5.97 Å². The number of pyridine rings is 2. The molecule has 0 fully saturated rings. The van der Waals surface area contributed by atoms with Crippen LogP contribution in [0.2, 0.25) is 0 Å². The SMILES string of the molecule is CCCCn1c(=NC(=O)c2ccc(C)c([N+](=O)[O-])c2)c(C(=O)OCC)cc2c(=O)n3cccc(C)c3nc21. The maximum Gasteiger partial charge on any atom is 0.341 e. The van der Waals surface area contributed by atoms with Crippen molar-refractivity contribution in [2.24, 2.45) is 4.99 Å². The number of ether oxygens (including phenoxy) is 1. The van der Waals surface area contributed by atoms with Crippen LogP contribution < -0.4 is 11.0 Å². The van der Waals surface area contributed by atoms with E-state index in [4.69, 9.17) is 9.72 Å². The molecule has 3 aromatic heterocycles. The van der Waals surface area contributed by atoms with Gasteiger partial charge in [-0.3, -0.25) is 24.1 Å². The van der Waals surface area contributed by atoms with E-state index in [1.807, 2.05) is 19.9 Å². The maximum absolute atomic E-state index is 13.5. The number of nitrogens with zero attached hydrogens (tertiary/aromatic N) is 5. The number of hydrogen-bond acceptors (Lipinski definition) is 7. The molecule has 11 heteroatoms. The lowest BCUT2D eigenvalue weighted by Gasteiger charge is -2.15. The van der Waals surface area contributed by atoms with Crippen LogP contribution in [-0.2, 0) is 11.3 Å². The van der Waals surface area contributed by atoms with E-state index >= 15 is 0 Å². The van der Waals surface area contributed by atoms with Crippen LogP contribution >= 0.6 is 0 Å². The number of hydrogen-bond donors (Lipinski definition) is 0. The summed E-state index contributed by atoms with van der Waals surface area (Å²) in [6.07, 6.45) is 3.03. The van der Waals surface area contributed by atoms with Gasteiger partial charge in [-0.1, -0.05) is 25.5 Å². The highest BCUT2D eigenvalue weighted by atomic mass is 16.6. The van der Waals surface area contributed by atoms with E-state index in [0.29, 0.717) is 24.2 Å². The van der Waals surface area contributed by atoms with Gasteiger partial charge in [-0.05, 0) is 51.0 Å². The Labute approximate surface area is 217 Å². The third kappa shape index (κ3) is 4.82. The monoisotopic (exact) mass is 517 g/mol. The van der Waals surface area contributed by atoms with Crippen molar-refractivity contribution in [3.8, 4) is 0 Å². The van der Waals surface area contributed by atoms with Gasteiger partial charge in [-0.2, -0.15) is 4.99 Å². The smallest absolute Gasteiger partial charge is 0.341 e. The van der Waals surface area contributed by atoms with Crippen LogP contribution in [0.3, 0.4) is 0 Å². The number of unbranched alkanes of at least 4 members (excludes halogenated alkanes) is 1. The first-order chi connectivity index (χ1) is 18.2. The third-order valence-electron chi connectivity index (χ3n) is 6.20. The van der Waals surface area contributed by atoms with Crippen molar-refractivity contribution in [1.82, 2.24) is 14.0 Å². The van der Waals surface area contributed by atoms with E-state index in [2.05, 4.69) is 4.99 Å². The van der Waals surface area contributed by atoms with Crippen LogP contribution in [0.4, 0.5) is 5.69 Å². The van der Waals surface area contributed by atoms with E-state index in [1.165, 1.54) is 22.6 Å². The molecule has 38 heavy (non-hydrogen) atoms. The van der Waals surface area contributed by atoms with E-state index in [9.17, 15) is 24.5 Å². The van der Waals surface area contributed by atoms with Crippen LogP contribution in [0.15, 0.2) is 52.4 Å². The predicted octanol–water partition coefficient (Wildman–Crippen LogP) is 3.89. The number of esters is 1. The number of benzene rings is 1. The van der Waals surface area contributed by atoms with Gasteiger partial charge < -0.3 is 9.30 Å². The summed E-state index contributed by atoms with van der Waals surface area (Å²) in [6.45, 7) is 7.40. The van der Waals surface area contributed by atoms with Crippen molar-refractivity contribution in [2.45, 2.75) is 47.1 Å². The fraction of sp³-hybridized carbons (Fsp3) is 0.296. The minimum atomic E-state index is -0.781. The highest BCUT2D eigenvalue weighted by molar-refractivity contribution is 5.97. The normalized spacial score (nSPS) is 11.7. The first kappa shape index (κ1) is 26.4. The number of nitro groups is 1. The van der Waals surface area contributed by atoms with Gasteiger partial charge in [0.25, 0.3) is 17.2 Å². The first-order valence-electron chi connectivity index (χ1n) is 12.2. The second-order valence-corrected chi connectivity index (χ2v) is 8.82. The molecule has 3 heterocycles. The van der Waals surface area contributed by atoms with Gasteiger partial charge in [-0.15, -0.1) is 0 Å². The topological polar surface area (TPSA) is 138 Å². The molecule has 4 aromatic rings. The second kappa shape index (κ2) is 10.8. The molecule has 0 unspecified atom stereocenters. The molecule has 0 saturated carbocycles. The molecule has 196 valence electrons. The van der Waals surface area contributed by atoms with Crippen LogP contribution in [0.5, 0.6) is 0 Å². The van der Waals surface area contributed by atoms with Crippen molar-refractivity contribution in [2.75, 3.05) is 6.61 Å². The van der Waals surface area contributed by atoms with Gasteiger partial charge in [0.15, 0.2) is 5.49 Å². The molecule has 0 spiro atoms. The Morgan fingerprint density at radius 2 is 1.87 bits per heavy atom. The molecule has 0 aliphatic carbocycles. The fourth-order valence-corrected chi connectivity index (χ4v) is 4.19. The van der Waals surface area contributed by atoms with Gasteiger partial charge in [0.05, 0.1) is 16.9 Å². The summed E-state index contributed by atoms with van der Waals surface area (Å²) in [5, 5.41) is 11.6. The molecule has 1 aromatic carbocycles. The Morgan fingerprint density at radius 3 is 2.55 bits per heavy atom. The van der Waals surface area contributed by atoms with Gasteiger partial charge in [0, 0.05) is 29.9 Å². The lowest BCUT2D eigenvalue weighted by Crippen LogP contribution is -2.33. The highest BCUT2D eigenvalue weighted by Gasteiger charge is 2.21. The lowest BCUT2D eigenvalue weighted by atomic mass is 10.1. The third-order valence-corrected chi connectivity index (χ3v) is 6.20. The Kier molecular flexibility index (Phi) is 7.47. The van der Waals surface area contributed by atoms with Crippen molar-refractivity contribution in [1.29, 1.82) is 0 Å². The quantitative estimate of drug-likeness (QED) is 0.157. The molecular weight excluding hydrogens is 490 g/mol. The molecule has 0 bridgehead atoms. The Hall–Kier alpha value is -4.67. The Balaban J connectivity index is 2.11. The molecule has 4 rings (SSSR count). The predicted molar refractivity (Wildman–Crippen MR) is 140 cm³/mol. The van der Waals surface area contributed by atoms with E-state index < -0.39 is 16.8 Å². The number of amides is 1. The van der Waals surface area contributed by atoms with Crippen molar-refractivity contribution in [3.63, 3.8) is 0 Å². The Bertz CT molecular complexity index is 1730. The standard InChI is InChI=1S/C27H27N5O6/c1-5-7-12-30-23-19(26(34)31-13-8-9-17(4)22(31)28-23)15-20(27(35)38-6-2)24(30)29-25(33)18-11-10-16(3)21(14-18)32(36)37/h8-11,13-15H,5-7,12H2,1-4H3. The molecule has 0 N–H and O–H groups in total. The summed E-state index contributed by atoms with van der Waals surface area (Å²) in [5.41, 5.74) is 1.17. The van der Waals surface area contributed by atoms with E-state index in [0.717, 1.165) is 18.1 Å². The van der Waals surface area contributed by atoms with Crippen molar-refractivity contribution >= 4 is 34.2 Å². The molecule has 0 aliphatic rings. The molecule has 11 nitrogen and oxygen atoms in total. The number of nitro benzene ring substituents is 1. The summed E-state index contributed by atoms with van der Waals surface area (Å²) < 4.78 is 8.22. The van der Waals surface area contributed by atoms with Gasteiger partial charge in [0.1, 0.15) is 16.9 Å². The Morgan fingerprint density at radius 1 is 1.11 bits per heavy atom. The number of fused-ring (bicyclic) bond motifs is 2.